The summed E-state index contributed by atoms with van der Waals surface area (Å²) in [7, 11) is 1.71. The molecule has 0 aliphatic heterocycles. The van der Waals surface area contributed by atoms with Crippen LogP contribution >= 0.6 is 0 Å². The molecule has 2 atom stereocenters. The van der Waals surface area contributed by atoms with Crippen LogP contribution in [-0.4, -0.2) is 56.4 Å². The van der Waals surface area contributed by atoms with Crippen LogP contribution in [0.5, 0.6) is 0 Å². The molecule has 7 nitrogen and oxygen atoms in total. The molecule has 0 radical (unpaired) electrons. The van der Waals surface area contributed by atoms with E-state index in [2.05, 4.69) is 19.9 Å². The third-order valence-corrected chi connectivity index (χ3v) is 6.09. The van der Waals surface area contributed by atoms with E-state index in [4.69, 9.17) is 0 Å². The maximum absolute atomic E-state index is 14.2. The lowest BCUT2D eigenvalue weighted by molar-refractivity contribution is -0.141. The lowest BCUT2D eigenvalue weighted by Gasteiger charge is -2.40. The molecule has 0 saturated carbocycles. The van der Waals surface area contributed by atoms with E-state index in [9.17, 15) is 22.4 Å². The van der Waals surface area contributed by atoms with Crippen LogP contribution in [0.2, 0.25) is 0 Å². The fourth-order valence-electron chi connectivity index (χ4n) is 4.33. The summed E-state index contributed by atoms with van der Waals surface area (Å²) in [6, 6.07) is 4.90. The van der Waals surface area contributed by atoms with Crippen molar-refractivity contribution in [1.82, 2.24) is 24.8 Å². The van der Waals surface area contributed by atoms with Crippen LogP contribution in [0.3, 0.4) is 0 Å². The molecule has 0 saturated heterocycles. The van der Waals surface area contributed by atoms with Crippen LogP contribution < -0.4 is 4.90 Å². The number of nitrogens with zero attached hydrogens (tertiary/aromatic N) is 6. The van der Waals surface area contributed by atoms with Gasteiger partial charge in [-0.15, -0.1) is 0 Å². The lowest BCUT2D eigenvalue weighted by atomic mass is 9.97. The molecule has 3 rings (SSSR count). The number of alkyl halides is 3. The van der Waals surface area contributed by atoms with E-state index in [1.165, 1.54) is 18.2 Å². The molecule has 1 aromatic carbocycles. The van der Waals surface area contributed by atoms with Gasteiger partial charge in [0.2, 0.25) is 0 Å². The molecule has 0 bridgehead atoms. The SMILES string of the molecule is CCC(C(CC)N(C)c1cnc(C(F)(F)F)cn1)N(CC)C(=O)c1cc(F)ccc1-c1ncccn1. The Kier molecular flexibility index (Phi) is 8.54. The number of carbonyl (C=O) groups is 1. The Labute approximate surface area is 207 Å². The first-order chi connectivity index (χ1) is 17.1. The van der Waals surface area contributed by atoms with Crippen molar-refractivity contribution in [2.24, 2.45) is 0 Å². The third kappa shape index (κ3) is 5.77. The average molecular weight is 505 g/mol. The zero-order chi connectivity index (χ0) is 26.5. The van der Waals surface area contributed by atoms with Crippen molar-refractivity contribution in [3.63, 3.8) is 0 Å². The molecule has 192 valence electrons. The van der Waals surface area contributed by atoms with E-state index in [0.29, 0.717) is 37.0 Å². The summed E-state index contributed by atoms with van der Waals surface area (Å²) in [5.74, 6) is -0.405. The molecule has 0 fully saturated rings. The number of amides is 1. The number of likely N-dealkylation sites (N-methyl/N-ethyl adjacent to an activating group) is 2. The number of rotatable bonds is 9. The quantitative estimate of drug-likeness (QED) is 0.371. The van der Waals surface area contributed by atoms with Crippen LogP contribution in [0.25, 0.3) is 11.4 Å². The van der Waals surface area contributed by atoms with Gasteiger partial charge in [0, 0.05) is 31.5 Å². The lowest BCUT2D eigenvalue weighted by Crippen LogP contribution is -2.52. The highest BCUT2D eigenvalue weighted by molar-refractivity contribution is 6.00. The monoisotopic (exact) mass is 504 g/mol. The number of carbonyl (C=O) groups excluding carboxylic acids is 1. The van der Waals surface area contributed by atoms with E-state index < -0.39 is 23.6 Å². The minimum Gasteiger partial charge on any atom is -0.353 e. The molecule has 2 aromatic heterocycles. The van der Waals surface area contributed by atoms with Crippen LogP contribution in [-0.2, 0) is 6.18 Å². The maximum atomic E-state index is 14.2. The van der Waals surface area contributed by atoms with Crippen LogP contribution in [0, 0.1) is 5.82 Å². The van der Waals surface area contributed by atoms with Crippen molar-refractivity contribution in [2.45, 2.75) is 51.9 Å². The second-order valence-electron chi connectivity index (χ2n) is 8.17. The summed E-state index contributed by atoms with van der Waals surface area (Å²) in [6.45, 7) is 5.99. The highest BCUT2D eigenvalue weighted by atomic mass is 19.4. The molecule has 36 heavy (non-hydrogen) atoms. The van der Waals surface area contributed by atoms with E-state index in [0.717, 1.165) is 6.20 Å². The molecule has 0 aliphatic carbocycles. The van der Waals surface area contributed by atoms with Gasteiger partial charge in [-0.2, -0.15) is 13.2 Å². The number of hydrogen-bond donors (Lipinski definition) is 0. The van der Waals surface area contributed by atoms with E-state index >= 15 is 0 Å². The summed E-state index contributed by atoms with van der Waals surface area (Å²) in [6.07, 6.45) is 1.38. The number of halogens is 4. The first kappa shape index (κ1) is 27.0. The largest absolute Gasteiger partial charge is 0.434 e. The summed E-state index contributed by atoms with van der Waals surface area (Å²) >= 11 is 0. The molecule has 11 heteroatoms. The van der Waals surface area contributed by atoms with Crippen molar-refractivity contribution in [1.29, 1.82) is 0 Å². The summed E-state index contributed by atoms with van der Waals surface area (Å²) < 4.78 is 53.0. The first-order valence-electron chi connectivity index (χ1n) is 11.6. The van der Waals surface area contributed by atoms with Gasteiger partial charge >= 0.3 is 6.18 Å². The van der Waals surface area contributed by atoms with Crippen molar-refractivity contribution in [3.05, 3.63) is 66.1 Å². The maximum Gasteiger partial charge on any atom is 0.434 e. The zero-order valence-electron chi connectivity index (χ0n) is 20.5. The minimum absolute atomic E-state index is 0.133. The van der Waals surface area contributed by atoms with Gasteiger partial charge in [-0.3, -0.25) is 4.79 Å². The smallest absolute Gasteiger partial charge is 0.353 e. The predicted octanol–water partition coefficient (Wildman–Crippen LogP) is 5.25. The molecule has 0 aliphatic rings. The Bertz CT molecular complexity index is 1160. The first-order valence-corrected chi connectivity index (χ1v) is 11.6. The molecule has 0 N–H and O–H groups in total. The van der Waals surface area contributed by atoms with E-state index in [-0.39, 0.29) is 23.5 Å². The number of benzene rings is 1. The van der Waals surface area contributed by atoms with Crippen molar-refractivity contribution >= 4 is 11.7 Å². The fraction of sp³-hybridized carbons (Fsp3) is 0.400. The van der Waals surface area contributed by atoms with E-state index in [1.54, 1.807) is 35.3 Å². The van der Waals surface area contributed by atoms with Crippen molar-refractivity contribution in [3.8, 4) is 11.4 Å². The Balaban J connectivity index is 1.96. The highest BCUT2D eigenvalue weighted by Crippen LogP contribution is 2.29. The standard InChI is InChI=1S/C25H28F4N6O/c1-5-19(34(4)22-15-32-21(14-33-22)25(27,28)29)20(6-2)35(7-3)24(36)18-13-16(26)9-10-17(18)23-30-11-8-12-31-23/h8-15,19-20H,5-7H2,1-4H3. The Morgan fingerprint density at radius 3 is 2.17 bits per heavy atom. The van der Waals surface area contributed by atoms with Crippen molar-refractivity contribution in [2.75, 3.05) is 18.5 Å². The summed E-state index contributed by atoms with van der Waals surface area (Å²) in [4.78, 5) is 33.0. The second kappa shape index (κ2) is 11.4. The van der Waals surface area contributed by atoms with Gasteiger partial charge in [0.05, 0.1) is 30.0 Å². The minimum atomic E-state index is -4.59. The summed E-state index contributed by atoms with van der Waals surface area (Å²) in [5, 5.41) is 0. The summed E-state index contributed by atoms with van der Waals surface area (Å²) in [5.41, 5.74) is -0.537. The van der Waals surface area contributed by atoms with Gasteiger partial charge in [-0.25, -0.2) is 24.3 Å². The van der Waals surface area contributed by atoms with Crippen LogP contribution in [0.4, 0.5) is 23.4 Å². The topological polar surface area (TPSA) is 75.1 Å². The van der Waals surface area contributed by atoms with Gasteiger partial charge < -0.3 is 9.80 Å². The van der Waals surface area contributed by atoms with Crippen molar-refractivity contribution < 1.29 is 22.4 Å². The van der Waals surface area contributed by atoms with Gasteiger partial charge in [0.15, 0.2) is 11.5 Å². The fourth-order valence-corrected chi connectivity index (χ4v) is 4.33. The molecular weight excluding hydrogens is 476 g/mol. The van der Waals surface area contributed by atoms with Gasteiger partial charge in [0.25, 0.3) is 5.91 Å². The Morgan fingerprint density at radius 2 is 1.64 bits per heavy atom. The molecule has 0 spiro atoms. The van der Waals surface area contributed by atoms with Crippen LogP contribution in [0.1, 0.15) is 49.7 Å². The molecule has 1 amide bonds. The highest BCUT2D eigenvalue weighted by Gasteiger charge is 2.35. The van der Waals surface area contributed by atoms with Gasteiger partial charge in [-0.05, 0) is 44.0 Å². The Morgan fingerprint density at radius 1 is 0.972 bits per heavy atom. The second-order valence-corrected chi connectivity index (χ2v) is 8.17. The molecule has 2 unspecified atom stereocenters. The molecule has 2 heterocycles. The third-order valence-electron chi connectivity index (χ3n) is 6.09. The van der Waals surface area contributed by atoms with E-state index in [1.807, 2.05) is 20.8 Å². The normalized spacial score (nSPS) is 13.2. The molecule has 3 aromatic rings. The number of hydrogen-bond acceptors (Lipinski definition) is 6. The van der Waals surface area contributed by atoms with Gasteiger partial charge in [0.1, 0.15) is 11.6 Å². The number of anilines is 1. The molecular formula is C25H28F4N6O. The zero-order valence-corrected chi connectivity index (χ0v) is 20.5. The van der Waals surface area contributed by atoms with Gasteiger partial charge in [-0.1, -0.05) is 13.8 Å². The van der Waals surface area contributed by atoms with Crippen LogP contribution in [0.15, 0.2) is 49.1 Å². The number of aromatic nitrogens is 4. The predicted molar refractivity (Wildman–Crippen MR) is 128 cm³/mol. The Hall–Kier alpha value is -3.63. The average Bonchev–Trinajstić information content (AvgIpc) is 2.88.